The molecule has 0 aliphatic carbocycles. The maximum Gasteiger partial charge on any atom is 0.335 e. The Hall–Kier alpha value is -1.39. The quantitative estimate of drug-likeness (QED) is 0.745. The van der Waals surface area contributed by atoms with E-state index in [1.165, 1.54) is 0 Å². The lowest BCUT2D eigenvalue weighted by molar-refractivity contribution is -0.153. The second-order valence-electron chi connectivity index (χ2n) is 5.10. The standard InChI is InChI=1S/C13H18O4/c1-13(2,3)9-6-4-5-8(7-9)10(14)11(15)12(16)17/h4-7,10-11,14-15H,1-3H3,(H,16,17). The molecule has 1 aromatic carbocycles. The predicted octanol–water partition coefficient (Wildman–Crippen LogP) is 1.46. The Labute approximate surface area is 101 Å². The highest BCUT2D eigenvalue weighted by atomic mass is 16.4. The Morgan fingerprint density at radius 2 is 1.82 bits per heavy atom. The van der Waals surface area contributed by atoms with E-state index in [1.54, 1.807) is 18.2 Å². The van der Waals surface area contributed by atoms with Crippen LogP contribution in [0.4, 0.5) is 0 Å². The van der Waals surface area contributed by atoms with Gasteiger partial charge < -0.3 is 15.3 Å². The summed E-state index contributed by atoms with van der Waals surface area (Å²) in [6, 6.07) is 6.97. The van der Waals surface area contributed by atoms with E-state index >= 15 is 0 Å². The number of hydrogen-bond donors (Lipinski definition) is 3. The molecule has 1 rings (SSSR count). The zero-order valence-corrected chi connectivity index (χ0v) is 10.2. The summed E-state index contributed by atoms with van der Waals surface area (Å²) in [6.45, 7) is 6.06. The van der Waals surface area contributed by atoms with Crippen molar-refractivity contribution in [3.05, 3.63) is 35.4 Å². The first-order chi connectivity index (χ1) is 7.73. The Morgan fingerprint density at radius 1 is 1.24 bits per heavy atom. The van der Waals surface area contributed by atoms with Gasteiger partial charge in [0.2, 0.25) is 0 Å². The number of aliphatic hydroxyl groups is 2. The van der Waals surface area contributed by atoms with Crippen LogP contribution in [0.1, 0.15) is 38.0 Å². The zero-order valence-electron chi connectivity index (χ0n) is 10.2. The third kappa shape index (κ3) is 3.28. The van der Waals surface area contributed by atoms with Crippen molar-refractivity contribution in [2.24, 2.45) is 0 Å². The van der Waals surface area contributed by atoms with Gasteiger partial charge in [0.25, 0.3) is 0 Å². The van der Waals surface area contributed by atoms with Gasteiger partial charge >= 0.3 is 5.97 Å². The SMILES string of the molecule is CC(C)(C)c1cccc(C(O)C(O)C(=O)O)c1. The molecule has 3 N–H and O–H groups in total. The van der Waals surface area contributed by atoms with E-state index in [-0.39, 0.29) is 5.41 Å². The number of benzene rings is 1. The van der Waals surface area contributed by atoms with E-state index in [1.807, 2.05) is 26.8 Å². The highest BCUT2D eigenvalue weighted by molar-refractivity contribution is 5.73. The summed E-state index contributed by atoms with van der Waals surface area (Å²) in [5, 5.41) is 27.6. The number of carboxylic acid groups (broad SMARTS) is 1. The third-order valence-corrected chi connectivity index (χ3v) is 2.65. The van der Waals surface area contributed by atoms with Crippen LogP contribution in [0.5, 0.6) is 0 Å². The number of carbonyl (C=O) groups is 1. The molecule has 0 spiro atoms. The van der Waals surface area contributed by atoms with Crippen molar-refractivity contribution >= 4 is 5.97 Å². The number of aliphatic carboxylic acids is 1. The van der Waals surface area contributed by atoms with Crippen LogP contribution in [0.2, 0.25) is 0 Å². The molecule has 0 amide bonds. The van der Waals surface area contributed by atoms with Gasteiger partial charge in [0.05, 0.1) is 0 Å². The fourth-order valence-electron chi connectivity index (χ4n) is 1.51. The molecule has 94 valence electrons. The second-order valence-corrected chi connectivity index (χ2v) is 5.10. The minimum absolute atomic E-state index is 0.0933. The summed E-state index contributed by atoms with van der Waals surface area (Å²) in [6.07, 6.45) is -3.21. The van der Waals surface area contributed by atoms with Gasteiger partial charge in [-0.1, -0.05) is 45.0 Å². The number of aliphatic hydroxyl groups excluding tert-OH is 2. The Kier molecular flexibility index (Phi) is 3.91. The van der Waals surface area contributed by atoms with Gasteiger partial charge in [0.15, 0.2) is 6.10 Å². The molecule has 0 heterocycles. The van der Waals surface area contributed by atoms with E-state index in [0.717, 1.165) is 5.56 Å². The topological polar surface area (TPSA) is 77.8 Å². The van der Waals surface area contributed by atoms with E-state index in [0.29, 0.717) is 5.56 Å². The normalized spacial score (nSPS) is 15.4. The molecule has 0 aromatic heterocycles. The van der Waals surface area contributed by atoms with Gasteiger partial charge in [0.1, 0.15) is 6.10 Å². The van der Waals surface area contributed by atoms with Crippen LogP contribution in [0.3, 0.4) is 0 Å². The zero-order chi connectivity index (χ0) is 13.2. The van der Waals surface area contributed by atoms with Crippen molar-refractivity contribution in [1.29, 1.82) is 0 Å². The lowest BCUT2D eigenvalue weighted by Gasteiger charge is -2.21. The maximum atomic E-state index is 10.6. The van der Waals surface area contributed by atoms with E-state index in [4.69, 9.17) is 5.11 Å². The van der Waals surface area contributed by atoms with Crippen LogP contribution in [0.25, 0.3) is 0 Å². The van der Waals surface area contributed by atoms with Crippen LogP contribution in [-0.4, -0.2) is 27.4 Å². The molecule has 0 fully saturated rings. The molecule has 2 atom stereocenters. The molecule has 17 heavy (non-hydrogen) atoms. The summed E-state index contributed by atoms with van der Waals surface area (Å²) >= 11 is 0. The minimum atomic E-state index is -1.80. The van der Waals surface area contributed by atoms with Gasteiger partial charge in [-0.2, -0.15) is 0 Å². The molecule has 0 aliphatic rings. The van der Waals surface area contributed by atoms with Crippen molar-refractivity contribution in [3.8, 4) is 0 Å². The molecule has 4 heteroatoms. The summed E-state index contributed by atoms with van der Waals surface area (Å²) in [5.74, 6) is -1.43. The summed E-state index contributed by atoms with van der Waals surface area (Å²) in [4.78, 5) is 10.6. The highest BCUT2D eigenvalue weighted by Crippen LogP contribution is 2.26. The Bertz CT molecular complexity index is 406. The van der Waals surface area contributed by atoms with Crippen LogP contribution in [-0.2, 0) is 10.2 Å². The Balaban J connectivity index is 3.04. The Morgan fingerprint density at radius 3 is 2.29 bits per heavy atom. The maximum absolute atomic E-state index is 10.6. The van der Waals surface area contributed by atoms with E-state index in [9.17, 15) is 15.0 Å². The molecule has 0 radical (unpaired) electrons. The number of carboxylic acids is 1. The fraction of sp³-hybridized carbons (Fsp3) is 0.462. The first kappa shape index (κ1) is 13.7. The molecule has 0 bridgehead atoms. The first-order valence-electron chi connectivity index (χ1n) is 5.43. The molecule has 4 nitrogen and oxygen atoms in total. The van der Waals surface area contributed by atoms with Crippen molar-refractivity contribution < 1.29 is 20.1 Å². The number of rotatable bonds is 3. The van der Waals surface area contributed by atoms with E-state index < -0.39 is 18.2 Å². The molecular formula is C13H18O4. The number of hydrogen-bond acceptors (Lipinski definition) is 3. The molecule has 1 aromatic rings. The van der Waals surface area contributed by atoms with Gasteiger partial charge in [-0.05, 0) is 16.5 Å². The molecule has 0 aliphatic heterocycles. The third-order valence-electron chi connectivity index (χ3n) is 2.65. The minimum Gasteiger partial charge on any atom is -0.479 e. The first-order valence-corrected chi connectivity index (χ1v) is 5.43. The van der Waals surface area contributed by atoms with Gasteiger partial charge in [0, 0.05) is 0 Å². The van der Waals surface area contributed by atoms with Crippen molar-refractivity contribution in [2.75, 3.05) is 0 Å². The van der Waals surface area contributed by atoms with Gasteiger partial charge in [-0.25, -0.2) is 4.79 Å². The van der Waals surface area contributed by atoms with Crippen LogP contribution in [0.15, 0.2) is 24.3 Å². The highest BCUT2D eigenvalue weighted by Gasteiger charge is 2.26. The summed E-state index contributed by atoms with van der Waals surface area (Å²) < 4.78 is 0. The second kappa shape index (κ2) is 4.85. The summed E-state index contributed by atoms with van der Waals surface area (Å²) in [5.41, 5.74) is 1.29. The van der Waals surface area contributed by atoms with Crippen molar-refractivity contribution in [3.63, 3.8) is 0 Å². The van der Waals surface area contributed by atoms with Gasteiger partial charge in [-0.15, -0.1) is 0 Å². The molecule has 2 unspecified atom stereocenters. The average molecular weight is 238 g/mol. The monoisotopic (exact) mass is 238 g/mol. The van der Waals surface area contributed by atoms with Crippen molar-refractivity contribution in [2.45, 2.75) is 38.4 Å². The van der Waals surface area contributed by atoms with Crippen LogP contribution < -0.4 is 0 Å². The smallest absolute Gasteiger partial charge is 0.335 e. The largest absolute Gasteiger partial charge is 0.479 e. The van der Waals surface area contributed by atoms with Crippen LogP contribution in [0, 0.1) is 0 Å². The molecule has 0 saturated heterocycles. The summed E-state index contributed by atoms with van der Waals surface area (Å²) in [7, 11) is 0. The average Bonchev–Trinajstić information content (AvgIpc) is 2.26. The lowest BCUT2D eigenvalue weighted by atomic mass is 9.85. The van der Waals surface area contributed by atoms with Crippen LogP contribution >= 0.6 is 0 Å². The fourth-order valence-corrected chi connectivity index (χ4v) is 1.51. The molecule has 0 saturated carbocycles. The van der Waals surface area contributed by atoms with Crippen molar-refractivity contribution in [1.82, 2.24) is 0 Å². The lowest BCUT2D eigenvalue weighted by Crippen LogP contribution is -2.27. The van der Waals surface area contributed by atoms with Gasteiger partial charge in [-0.3, -0.25) is 0 Å². The predicted molar refractivity (Wildman–Crippen MR) is 63.7 cm³/mol. The molecular weight excluding hydrogens is 220 g/mol. The van der Waals surface area contributed by atoms with E-state index in [2.05, 4.69) is 0 Å².